The maximum absolute atomic E-state index is 12.8. The highest BCUT2D eigenvalue weighted by Gasteiger charge is 2.34. The van der Waals surface area contributed by atoms with Gasteiger partial charge < -0.3 is 19.2 Å². The van der Waals surface area contributed by atoms with Gasteiger partial charge in [-0.25, -0.2) is 4.79 Å². The van der Waals surface area contributed by atoms with Gasteiger partial charge in [0.05, 0.1) is 13.2 Å². The summed E-state index contributed by atoms with van der Waals surface area (Å²) in [5, 5.41) is 0. The van der Waals surface area contributed by atoms with Crippen molar-refractivity contribution in [2.24, 2.45) is 0 Å². The van der Waals surface area contributed by atoms with Crippen molar-refractivity contribution < 1.29 is 19.1 Å². The SMILES string of the molecule is CCCCCCCc1cc2c(cc1OC)CCN(C(=O)OC(C)(C)C)[C@H]2CC=O. The minimum absolute atomic E-state index is 0.272. The summed E-state index contributed by atoms with van der Waals surface area (Å²) in [6.07, 6.45) is 8.57. The van der Waals surface area contributed by atoms with E-state index >= 15 is 0 Å². The van der Waals surface area contributed by atoms with E-state index in [-0.39, 0.29) is 18.6 Å². The first-order valence-electron chi connectivity index (χ1n) is 10.9. The van der Waals surface area contributed by atoms with Crippen LogP contribution in [0.25, 0.3) is 0 Å². The number of fused-ring (bicyclic) bond motifs is 1. The van der Waals surface area contributed by atoms with Gasteiger partial charge in [-0.3, -0.25) is 0 Å². The monoisotopic (exact) mass is 403 g/mol. The number of unbranched alkanes of at least 4 members (excludes halogenated alkanes) is 4. The van der Waals surface area contributed by atoms with Gasteiger partial charge in [0.25, 0.3) is 0 Å². The second-order valence-electron chi connectivity index (χ2n) is 8.87. The van der Waals surface area contributed by atoms with Gasteiger partial charge in [0, 0.05) is 13.0 Å². The van der Waals surface area contributed by atoms with E-state index in [0.717, 1.165) is 48.0 Å². The second-order valence-corrected chi connectivity index (χ2v) is 8.87. The normalized spacial score (nSPS) is 16.3. The molecule has 0 aromatic heterocycles. The summed E-state index contributed by atoms with van der Waals surface area (Å²) >= 11 is 0. The number of benzene rings is 1. The van der Waals surface area contributed by atoms with Crippen LogP contribution in [0.1, 0.15) is 89.0 Å². The summed E-state index contributed by atoms with van der Waals surface area (Å²) in [6, 6.07) is 3.97. The zero-order valence-corrected chi connectivity index (χ0v) is 18.8. The van der Waals surface area contributed by atoms with Gasteiger partial charge in [-0.2, -0.15) is 0 Å². The van der Waals surface area contributed by atoms with E-state index in [0.29, 0.717) is 6.54 Å². The molecule has 5 nitrogen and oxygen atoms in total. The van der Waals surface area contributed by atoms with Crippen LogP contribution in [0.15, 0.2) is 12.1 Å². The number of aldehydes is 1. The molecule has 1 aliphatic heterocycles. The molecule has 0 aliphatic carbocycles. The maximum atomic E-state index is 12.8. The number of carbonyl (C=O) groups excluding carboxylic acids is 2. The van der Waals surface area contributed by atoms with Gasteiger partial charge in [-0.05, 0) is 68.9 Å². The van der Waals surface area contributed by atoms with Crippen molar-refractivity contribution in [1.29, 1.82) is 0 Å². The number of hydrogen-bond donors (Lipinski definition) is 0. The fraction of sp³-hybridized carbons (Fsp3) is 0.667. The van der Waals surface area contributed by atoms with Crippen LogP contribution in [0.3, 0.4) is 0 Å². The lowest BCUT2D eigenvalue weighted by molar-refractivity contribution is -0.109. The first-order chi connectivity index (χ1) is 13.8. The maximum Gasteiger partial charge on any atom is 0.410 e. The topological polar surface area (TPSA) is 55.8 Å². The smallest absolute Gasteiger partial charge is 0.410 e. The van der Waals surface area contributed by atoms with Gasteiger partial charge in [0.15, 0.2) is 0 Å². The van der Waals surface area contributed by atoms with Crippen LogP contribution < -0.4 is 4.74 Å². The number of rotatable bonds is 9. The van der Waals surface area contributed by atoms with Crippen LogP contribution in [-0.2, 0) is 22.4 Å². The number of methoxy groups -OCH3 is 1. The molecule has 1 amide bonds. The Hall–Kier alpha value is -2.04. The van der Waals surface area contributed by atoms with Crippen LogP contribution in [0.2, 0.25) is 0 Å². The van der Waals surface area contributed by atoms with Crippen LogP contribution in [0.5, 0.6) is 5.75 Å². The molecular weight excluding hydrogens is 366 g/mol. The predicted molar refractivity (Wildman–Crippen MR) is 116 cm³/mol. The Kier molecular flexibility index (Phi) is 8.54. The van der Waals surface area contributed by atoms with Crippen molar-refractivity contribution >= 4 is 12.4 Å². The van der Waals surface area contributed by atoms with Crippen molar-refractivity contribution in [3.05, 3.63) is 28.8 Å². The molecule has 0 bridgehead atoms. The zero-order chi connectivity index (χ0) is 21.4. The molecule has 5 heteroatoms. The molecule has 1 atom stereocenters. The molecule has 1 heterocycles. The molecule has 0 unspecified atom stereocenters. The number of hydrogen-bond acceptors (Lipinski definition) is 4. The lowest BCUT2D eigenvalue weighted by Crippen LogP contribution is -2.43. The first-order valence-corrected chi connectivity index (χ1v) is 10.9. The molecule has 29 heavy (non-hydrogen) atoms. The molecule has 162 valence electrons. The van der Waals surface area contributed by atoms with Crippen LogP contribution in [-0.4, -0.2) is 36.5 Å². The predicted octanol–water partition coefficient (Wildman–Crippen LogP) is 5.63. The minimum atomic E-state index is -0.563. The van der Waals surface area contributed by atoms with E-state index in [1.165, 1.54) is 25.7 Å². The van der Waals surface area contributed by atoms with Crippen LogP contribution >= 0.6 is 0 Å². The van der Waals surface area contributed by atoms with Crippen molar-refractivity contribution in [1.82, 2.24) is 4.90 Å². The first kappa shape index (κ1) is 23.2. The molecular formula is C24H37NO4. The molecule has 0 saturated carbocycles. The van der Waals surface area contributed by atoms with Crippen LogP contribution in [0, 0.1) is 0 Å². The van der Waals surface area contributed by atoms with E-state index in [2.05, 4.69) is 19.1 Å². The van der Waals surface area contributed by atoms with Crippen molar-refractivity contribution in [3.8, 4) is 5.75 Å². The number of ether oxygens (including phenoxy) is 2. The van der Waals surface area contributed by atoms with Crippen molar-refractivity contribution in [2.75, 3.05) is 13.7 Å². The van der Waals surface area contributed by atoms with E-state index in [9.17, 15) is 9.59 Å². The van der Waals surface area contributed by atoms with Gasteiger partial charge >= 0.3 is 6.09 Å². The summed E-state index contributed by atoms with van der Waals surface area (Å²) in [5.74, 6) is 0.912. The molecule has 0 saturated heterocycles. The molecule has 0 N–H and O–H groups in total. The highest BCUT2D eigenvalue weighted by atomic mass is 16.6. The highest BCUT2D eigenvalue weighted by molar-refractivity contribution is 5.70. The average Bonchev–Trinajstić information content (AvgIpc) is 2.66. The summed E-state index contributed by atoms with van der Waals surface area (Å²) in [4.78, 5) is 25.9. The van der Waals surface area contributed by atoms with E-state index in [4.69, 9.17) is 9.47 Å². The van der Waals surface area contributed by atoms with E-state index < -0.39 is 5.60 Å². The van der Waals surface area contributed by atoms with Crippen molar-refractivity contribution in [2.45, 2.75) is 90.7 Å². The van der Waals surface area contributed by atoms with Crippen LogP contribution in [0.4, 0.5) is 4.79 Å². The van der Waals surface area contributed by atoms with Crippen molar-refractivity contribution in [3.63, 3.8) is 0 Å². The fourth-order valence-corrected chi connectivity index (χ4v) is 3.97. The summed E-state index contributed by atoms with van der Waals surface area (Å²) in [5.41, 5.74) is 2.80. The van der Waals surface area contributed by atoms with E-state index in [1.807, 2.05) is 20.8 Å². The Morgan fingerprint density at radius 1 is 1.21 bits per heavy atom. The average molecular weight is 404 g/mol. The molecule has 2 rings (SSSR count). The second kappa shape index (κ2) is 10.7. The molecule has 0 fully saturated rings. The fourth-order valence-electron chi connectivity index (χ4n) is 3.97. The largest absolute Gasteiger partial charge is 0.496 e. The van der Waals surface area contributed by atoms with Gasteiger partial charge in [0.1, 0.15) is 17.6 Å². The Labute approximate surface area is 175 Å². The molecule has 0 spiro atoms. The summed E-state index contributed by atoms with van der Waals surface area (Å²) in [6.45, 7) is 8.34. The third-order valence-corrected chi connectivity index (χ3v) is 5.40. The summed E-state index contributed by atoms with van der Waals surface area (Å²) < 4.78 is 11.2. The number of carbonyl (C=O) groups is 2. The Morgan fingerprint density at radius 3 is 2.55 bits per heavy atom. The zero-order valence-electron chi connectivity index (χ0n) is 18.8. The number of nitrogens with zero attached hydrogens (tertiary/aromatic N) is 1. The van der Waals surface area contributed by atoms with Gasteiger partial charge in [-0.1, -0.05) is 32.6 Å². The highest BCUT2D eigenvalue weighted by Crippen LogP contribution is 2.37. The van der Waals surface area contributed by atoms with E-state index in [1.54, 1.807) is 12.0 Å². The van der Waals surface area contributed by atoms with Gasteiger partial charge in [-0.15, -0.1) is 0 Å². The Balaban J connectivity index is 2.26. The third kappa shape index (κ3) is 6.48. The number of aryl methyl sites for hydroxylation is 1. The minimum Gasteiger partial charge on any atom is -0.496 e. The molecule has 0 radical (unpaired) electrons. The molecule has 1 aromatic carbocycles. The lowest BCUT2D eigenvalue weighted by atomic mass is 9.88. The Morgan fingerprint density at radius 2 is 1.93 bits per heavy atom. The molecule has 1 aliphatic rings. The quantitative estimate of drug-likeness (QED) is 0.396. The lowest BCUT2D eigenvalue weighted by Gasteiger charge is -2.38. The Bertz CT molecular complexity index is 693. The number of amides is 1. The standard InChI is InChI=1S/C24H37NO4/c1-6-7-8-9-10-11-19-16-20-18(17-22(19)28-5)12-14-25(21(20)13-15-26)23(27)29-24(2,3)4/h15-17,21H,6-14H2,1-5H3/t21-/m0/s1. The third-order valence-electron chi connectivity index (χ3n) is 5.40. The summed E-state index contributed by atoms with van der Waals surface area (Å²) in [7, 11) is 1.71. The molecule has 1 aromatic rings. The van der Waals surface area contributed by atoms with Gasteiger partial charge in [0.2, 0.25) is 0 Å².